The Bertz CT molecular complexity index is 1110. The number of carbonyl (C=O) groups excluding carboxylic acids is 1. The number of rotatable bonds is 6. The molecule has 30 heavy (non-hydrogen) atoms. The second kappa shape index (κ2) is 9.06. The Morgan fingerprint density at radius 2 is 1.97 bits per heavy atom. The molecule has 0 bridgehead atoms. The Balaban J connectivity index is 1.42. The van der Waals surface area contributed by atoms with Gasteiger partial charge >= 0.3 is 0 Å². The second-order valence-corrected chi connectivity index (χ2v) is 8.48. The lowest BCUT2D eigenvalue weighted by Gasteiger charge is -2.38. The topological polar surface area (TPSA) is 86.1 Å². The van der Waals surface area contributed by atoms with Gasteiger partial charge in [0.05, 0.1) is 11.9 Å². The maximum absolute atomic E-state index is 12.6. The maximum Gasteiger partial charge on any atom is 0.277 e. The van der Waals surface area contributed by atoms with Crippen molar-refractivity contribution in [2.45, 2.75) is 31.2 Å². The first kappa shape index (κ1) is 20.7. The van der Waals surface area contributed by atoms with Crippen molar-refractivity contribution in [3.05, 3.63) is 68.9 Å². The van der Waals surface area contributed by atoms with Crippen LogP contribution in [0.4, 0.5) is 0 Å². The molecule has 1 N–H and O–H groups in total. The molecular weight excluding hydrogens is 448 g/mol. The number of fused-ring (bicyclic) bond motifs is 1. The van der Waals surface area contributed by atoms with Crippen LogP contribution in [0.2, 0.25) is 0 Å². The number of nitrogens with zero attached hydrogens (tertiary/aromatic N) is 3. The molecule has 0 spiro atoms. The Labute approximate surface area is 182 Å². The van der Waals surface area contributed by atoms with Gasteiger partial charge in [-0.1, -0.05) is 45.4 Å². The summed E-state index contributed by atoms with van der Waals surface area (Å²) < 4.78 is 7.83. The fraction of sp³-hybridized carbons (Fsp3) is 0.364. The van der Waals surface area contributed by atoms with Crippen molar-refractivity contribution in [2.75, 3.05) is 19.8 Å². The van der Waals surface area contributed by atoms with Gasteiger partial charge in [-0.3, -0.25) is 9.59 Å². The molecule has 156 valence electrons. The molecule has 0 aliphatic carbocycles. The Morgan fingerprint density at radius 3 is 2.77 bits per heavy atom. The number of ether oxygens (including phenoxy) is 1. The fourth-order valence-corrected chi connectivity index (χ4v) is 4.28. The van der Waals surface area contributed by atoms with E-state index >= 15 is 0 Å². The second-order valence-electron chi connectivity index (χ2n) is 7.56. The minimum Gasteiger partial charge on any atom is -0.381 e. The summed E-state index contributed by atoms with van der Waals surface area (Å²) in [6.45, 7) is 2.06. The molecule has 2 aromatic carbocycles. The molecule has 0 saturated carbocycles. The van der Waals surface area contributed by atoms with Gasteiger partial charge in [0.2, 0.25) is 5.91 Å². The number of halogens is 1. The maximum atomic E-state index is 12.6. The molecule has 1 amide bonds. The van der Waals surface area contributed by atoms with E-state index in [1.165, 1.54) is 10.2 Å². The van der Waals surface area contributed by atoms with E-state index in [1.54, 1.807) is 18.2 Å². The molecule has 1 aliphatic rings. The van der Waals surface area contributed by atoms with Crippen LogP contribution in [0.15, 0.2) is 57.8 Å². The van der Waals surface area contributed by atoms with Gasteiger partial charge < -0.3 is 10.1 Å². The van der Waals surface area contributed by atoms with Crippen molar-refractivity contribution in [2.24, 2.45) is 0 Å². The zero-order chi connectivity index (χ0) is 21.0. The molecule has 2 heterocycles. The van der Waals surface area contributed by atoms with Gasteiger partial charge in [-0.15, -0.1) is 5.10 Å². The van der Waals surface area contributed by atoms with Gasteiger partial charge in [0, 0.05) is 36.1 Å². The van der Waals surface area contributed by atoms with Crippen LogP contribution in [0.1, 0.15) is 24.8 Å². The average Bonchev–Trinajstić information content (AvgIpc) is 2.78. The SMILES string of the molecule is O=C(CCn1nnc2ccccc2c1=O)NCC1(c2cccc(Br)c2)CCOCC1. The monoisotopic (exact) mass is 470 g/mol. The minimum atomic E-state index is -0.233. The summed E-state index contributed by atoms with van der Waals surface area (Å²) in [5.41, 5.74) is 1.36. The molecule has 3 aromatic rings. The summed E-state index contributed by atoms with van der Waals surface area (Å²) >= 11 is 3.54. The van der Waals surface area contributed by atoms with E-state index in [-0.39, 0.29) is 29.8 Å². The largest absolute Gasteiger partial charge is 0.381 e. The number of hydrogen-bond donors (Lipinski definition) is 1. The smallest absolute Gasteiger partial charge is 0.277 e. The van der Waals surface area contributed by atoms with Crippen LogP contribution in [-0.2, 0) is 21.5 Å². The highest BCUT2D eigenvalue weighted by molar-refractivity contribution is 9.10. The van der Waals surface area contributed by atoms with Gasteiger partial charge in [0.25, 0.3) is 5.56 Å². The van der Waals surface area contributed by atoms with E-state index in [2.05, 4.69) is 43.7 Å². The van der Waals surface area contributed by atoms with Crippen molar-refractivity contribution in [3.8, 4) is 0 Å². The normalized spacial score (nSPS) is 15.8. The molecule has 1 aliphatic heterocycles. The molecular formula is C22H23BrN4O3. The lowest BCUT2D eigenvalue weighted by molar-refractivity contribution is -0.121. The quantitative estimate of drug-likeness (QED) is 0.598. The van der Waals surface area contributed by atoms with Gasteiger partial charge in [0.15, 0.2) is 0 Å². The number of hydrogen-bond acceptors (Lipinski definition) is 5. The number of aromatic nitrogens is 3. The lowest BCUT2D eigenvalue weighted by Crippen LogP contribution is -2.44. The van der Waals surface area contributed by atoms with Crippen molar-refractivity contribution < 1.29 is 9.53 Å². The Hall–Kier alpha value is -2.58. The highest BCUT2D eigenvalue weighted by Gasteiger charge is 2.35. The van der Waals surface area contributed by atoms with E-state index in [1.807, 2.05) is 18.2 Å². The van der Waals surface area contributed by atoms with E-state index in [4.69, 9.17) is 4.74 Å². The summed E-state index contributed by atoms with van der Waals surface area (Å²) in [6.07, 6.45) is 1.86. The molecule has 1 aromatic heterocycles. The summed E-state index contributed by atoms with van der Waals surface area (Å²) in [5.74, 6) is -0.113. The van der Waals surface area contributed by atoms with E-state index < -0.39 is 0 Å². The minimum absolute atomic E-state index is 0.113. The van der Waals surface area contributed by atoms with Crippen LogP contribution >= 0.6 is 15.9 Å². The Morgan fingerprint density at radius 1 is 1.17 bits per heavy atom. The molecule has 1 saturated heterocycles. The van der Waals surface area contributed by atoms with Crippen LogP contribution in [0, 0.1) is 0 Å². The molecule has 0 atom stereocenters. The summed E-state index contributed by atoms with van der Waals surface area (Å²) in [4.78, 5) is 25.1. The third-order valence-electron chi connectivity index (χ3n) is 5.69. The van der Waals surface area contributed by atoms with Crippen molar-refractivity contribution in [3.63, 3.8) is 0 Å². The van der Waals surface area contributed by atoms with Crippen LogP contribution in [0.25, 0.3) is 10.9 Å². The Kier molecular flexibility index (Phi) is 6.24. The standard InChI is InChI=1S/C22H23BrN4O3/c23-17-5-3-4-16(14-17)22(9-12-30-13-10-22)15-24-20(28)8-11-27-21(29)18-6-1-2-7-19(18)25-26-27/h1-7,14H,8-13,15H2,(H,24,28). The number of nitrogens with one attached hydrogen (secondary N) is 1. The molecule has 8 heteroatoms. The number of benzene rings is 2. The zero-order valence-electron chi connectivity index (χ0n) is 16.5. The first-order valence-corrected chi connectivity index (χ1v) is 10.8. The number of carbonyl (C=O) groups is 1. The molecule has 0 radical (unpaired) electrons. The highest BCUT2D eigenvalue weighted by Crippen LogP contribution is 2.35. The predicted molar refractivity (Wildman–Crippen MR) is 117 cm³/mol. The van der Waals surface area contributed by atoms with Crippen LogP contribution in [0.3, 0.4) is 0 Å². The summed E-state index contributed by atoms with van der Waals surface area (Å²) in [5, 5.41) is 11.6. The van der Waals surface area contributed by atoms with Gasteiger partial charge in [0.1, 0.15) is 5.52 Å². The first-order valence-electron chi connectivity index (χ1n) is 10.0. The summed E-state index contributed by atoms with van der Waals surface area (Å²) in [6, 6.07) is 15.3. The fourth-order valence-electron chi connectivity index (χ4n) is 3.88. The van der Waals surface area contributed by atoms with Crippen LogP contribution in [0.5, 0.6) is 0 Å². The first-order chi connectivity index (χ1) is 14.6. The molecule has 1 fully saturated rings. The van der Waals surface area contributed by atoms with Crippen LogP contribution < -0.4 is 10.9 Å². The van der Waals surface area contributed by atoms with E-state index in [0.29, 0.717) is 30.7 Å². The van der Waals surface area contributed by atoms with Crippen molar-refractivity contribution in [1.29, 1.82) is 0 Å². The predicted octanol–water partition coefficient (Wildman–Crippen LogP) is 2.81. The number of amides is 1. The van der Waals surface area contributed by atoms with Crippen LogP contribution in [-0.4, -0.2) is 40.7 Å². The molecule has 0 unspecified atom stereocenters. The van der Waals surface area contributed by atoms with Crippen molar-refractivity contribution >= 4 is 32.7 Å². The third-order valence-corrected chi connectivity index (χ3v) is 6.18. The van der Waals surface area contributed by atoms with E-state index in [9.17, 15) is 9.59 Å². The molecule has 4 rings (SSSR count). The van der Waals surface area contributed by atoms with Gasteiger partial charge in [-0.05, 0) is 42.7 Å². The van der Waals surface area contributed by atoms with Crippen molar-refractivity contribution in [1.82, 2.24) is 20.3 Å². The third kappa shape index (κ3) is 4.44. The average molecular weight is 471 g/mol. The zero-order valence-corrected chi connectivity index (χ0v) is 18.1. The number of aryl methyl sites for hydroxylation is 1. The highest BCUT2D eigenvalue weighted by atomic mass is 79.9. The van der Waals surface area contributed by atoms with Gasteiger partial charge in [-0.25, -0.2) is 4.68 Å². The van der Waals surface area contributed by atoms with E-state index in [0.717, 1.165) is 17.3 Å². The van der Waals surface area contributed by atoms with Gasteiger partial charge in [-0.2, -0.15) is 0 Å². The lowest BCUT2D eigenvalue weighted by atomic mass is 9.74. The molecule has 7 nitrogen and oxygen atoms in total. The summed E-state index contributed by atoms with van der Waals surface area (Å²) in [7, 11) is 0.